The zero-order chi connectivity index (χ0) is 14.2. The molecule has 3 nitrogen and oxygen atoms in total. The van der Waals surface area contributed by atoms with Crippen LogP contribution in [0.25, 0.3) is 0 Å². The molecule has 106 valence electrons. The average molecular weight is 269 g/mol. The fraction of sp³-hybridized carbons (Fsp3) is 0.353. The predicted molar refractivity (Wildman–Crippen MR) is 83.5 cm³/mol. The highest BCUT2D eigenvalue weighted by Crippen LogP contribution is 2.09. The molecule has 0 atom stereocenters. The first kappa shape index (κ1) is 14.7. The number of nitrogens with zero attached hydrogens (tertiary/aromatic N) is 2. The summed E-state index contributed by atoms with van der Waals surface area (Å²) in [6.07, 6.45) is 3.90. The number of rotatable bonds is 7. The van der Waals surface area contributed by atoms with Crippen LogP contribution in [0.2, 0.25) is 0 Å². The molecule has 0 fully saturated rings. The Balaban J connectivity index is 1.79. The summed E-state index contributed by atoms with van der Waals surface area (Å²) in [6.45, 7) is 2.69. The molecule has 2 N–H and O–H groups in total. The van der Waals surface area contributed by atoms with E-state index in [4.69, 9.17) is 5.73 Å². The van der Waals surface area contributed by atoms with Crippen LogP contribution in [0.15, 0.2) is 48.7 Å². The number of benzene rings is 1. The zero-order valence-corrected chi connectivity index (χ0v) is 12.1. The van der Waals surface area contributed by atoms with Gasteiger partial charge in [0.05, 0.1) is 0 Å². The fourth-order valence-corrected chi connectivity index (χ4v) is 2.28. The van der Waals surface area contributed by atoms with Gasteiger partial charge in [0.15, 0.2) is 0 Å². The van der Waals surface area contributed by atoms with Gasteiger partial charge in [-0.2, -0.15) is 0 Å². The van der Waals surface area contributed by atoms with Gasteiger partial charge in [-0.15, -0.1) is 0 Å². The Morgan fingerprint density at radius 2 is 1.65 bits per heavy atom. The molecule has 0 unspecified atom stereocenters. The van der Waals surface area contributed by atoms with E-state index in [1.807, 2.05) is 18.3 Å². The van der Waals surface area contributed by atoms with Crippen molar-refractivity contribution < 1.29 is 0 Å². The van der Waals surface area contributed by atoms with E-state index in [0.29, 0.717) is 6.54 Å². The molecule has 0 saturated heterocycles. The van der Waals surface area contributed by atoms with Crippen molar-refractivity contribution in [2.24, 2.45) is 5.73 Å². The summed E-state index contributed by atoms with van der Waals surface area (Å²) >= 11 is 0. The first-order valence-electron chi connectivity index (χ1n) is 7.15. The Bertz CT molecular complexity index is 511. The summed E-state index contributed by atoms with van der Waals surface area (Å²) in [7, 11) is 2.16. The number of pyridine rings is 1. The van der Waals surface area contributed by atoms with Gasteiger partial charge in [-0.05, 0) is 36.7 Å². The second-order valence-electron chi connectivity index (χ2n) is 5.10. The van der Waals surface area contributed by atoms with E-state index in [2.05, 4.69) is 47.3 Å². The Hall–Kier alpha value is -1.71. The van der Waals surface area contributed by atoms with Crippen molar-refractivity contribution in [3.05, 3.63) is 65.5 Å². The maximum Gasteiger partial charge on any atom is 0.0416 e. The summed E-state index contributed by atoms with van der Waals surface area (Å²) < 4.78 is 0. The van der Waals surface area contributed by atoms with Gasteiger partial charge in [0.25, 0.3) is 0 Å². The van der Waals surface area contributed by atoms with Crippen LogP contribution in [0.1, 0.15) is 16.8 Å². The van der Waals surface area contributed by atoms with Crippen LogP contribution < -0.4 is 5.73 Å². The van der Waals surface area contributed by atoms with Gasteiger partial charge < -0.3 is 10.6 Å². The Morgan fingerprint density at radius 3 is 2.35 bits per heavy atom. The minimum Gasteiger partial charge on any atom is -0.326 e. The van der Waals surface area contributed by atoms with Crippen LogP contribution in [-0.2, 0) is 19.4 Å². The lowest BCUT2D eigenvalue weighted by Crippen LogP contribution is -2.24. The molecule has 0 saturated carbocycles. The number of hydrogen-bond acceptors (Lipinski definition) is 3. The van der Waals surface area contributed by atoms with Gasteiger partial charge in [0.2, 0.25) is 0 Å². The molecule has 0 radical (unpaired) electrons. The molecule has 20 heavy (non-hydrogen) atoms. The molecule has 0 spiro atoms. The van der Waals surface area contributed by atoms with Crippen LogP contribution in [-0.4, -0.2) is 30.0 Å². The van der Waals surface area contributed by atoms with E-state index >= 15 is 0 Å². The van der Waals surface area contributed by atoms with Gasteiger partial charge >= 0.3 is 0 Å². The second kappa shape index (κ2) is 7.78. The topological polar surface area (TPSA) is 42.2 Å². The van der Waals surface area contributed by atoms with Crippen LogP contribution in [0.5, 0.6) is 0 Å². The second-order valence-corrected chi connectivity index (χ2v) is 5.10. The van der Waals surface area contributed by atoms with Crippen molar-refractivity contribution in [1.29, 1.82) is 0 Å². The molecule has 0 aliphatic rings. The highest BCUT2D eigenvalue weighted by molar-refractivity contribution is 5.27. The fourth-order valence-electron chi connectivity index (χ4n) is 2.28. The summed E-state index contributed by atoms with van der Waals surface area (Å²) in [5.41, 5.74) is 9.54. The van der Waals surface area contributed by atoms with Gasteiger partial charge in [-0.3, -0.25) is 4.98 Å². The van der Waals surface area contributed by atoms with E-state index < -0.39 is 0 Å². The van der Waals surface area contributed by atoms with Crippen LogP contribution in [0.3, 0.4) is 0 Å². The third-order valence-electron chi connectivity index (χ3n) is 3.58. The normalized spacial score (nSPS) is 10.9. The molecule has 2 rings (SSSR count). The lowest BCUT2D eigenvalue weighted by Gasteiger charge is -2.17. The summed E-state index contributed by atoms with van der Waals surface area (Å²) in [5.74, 6) is 0. The highest BCUT2D eigenvalue weighted by Gasteiger charge is 2.03. The van der Waals surface area contributed by atoms with Crippen molar-refractivity contribution in [3.8, 4) is 0 Å². The lowest BCUT2D eigenvalue weighted by atomic mass is 10.0. The molecule has 0 bridgehead atoms. The molecule has 1 aromatic carbocycles. The SMILES string of the molecule is CN(CCc1ccccn1)CCc1ccccc1CN. The summed E-state index contributed by atoms with van der Waals surface area (Å²) in [4.78, 5) is 6.70. The monoisotopic (exact) mass is 269 g/mol. The smallest absolute Gasteiger partial charge is 0.0416 e. The van der Waals surface area contributed by atoms with Gasteiger partial charge in [0.1, 0.15) is 0 Å². The number of aromatic nitrogens is 1. The maximum absolute atomic E-state index is 5.77. The van der Waals surface area contributed by atoms with E-state index in [1.54, 1.807) is 0 Å². The molecular weight excluding hydrogens is 246 g/mol. The first-order chi connectivity index (χ1) is 9.79. The van der Waals surface area contributed by atoms with E-state index in [0.717, 1.165) is 31.6 Å². The van der Waals surface area contributed by atoms with E-state index in [-0.39, 0.29) is 0 Å². The maximum atomic E-state index is 5.77. The molecule has 1 heterocycles. The molecular formula is C17H23N3. The third-order valence-corrected chi connectivity index (χ3v) is 3.58. The van der Waals surface area contributed by atoms with Gasteiger partial charge in [0, 0.05) is 37.9 Å². The number of hydrogen-bond donors (Lipinski definition) is 1. The van der Waals surface area contributed by atoms with Crippen molar-refractivity contribution >= 4 is 0 Å². The quantitative estimate of drug-likeness (QED) is 0.838. The average Bonchev–Trinajstić information content (AvgIpc) is 2.52. The molecule has 0 aliphatic heterocycles. The van der Waals surface area contributed by atoms with Gasteiger partial charge in [-0.1, -0.05) is 30.3 Å². The van der Waals surface area contributed by atoms with Crippen LogP contribution in [0, 0.1) is 0 Å². The number of nitrogens with two attached hydrogens (primary N) is 1. The van der Waals surface area contributed by atoms with Gasteiger partial charge in [-0.25, -0.2) is 0 Å². The highest BCUT2D eigenvalue weighted by atomic mass is 15.1. The molecule has 1 aromatic heterocycles. The lowest BCUT2D eigenvalue weighted by molar-refractivity contribution is 0.341. The van der Waals surface area contributed by atoms with Crippen LogP contribution in [0.4, 0.5) is 0 Å². The third kappa shape index (κ3) is 4.44. The standard InChI is InChI=1S/C17H23N3/c1-20(13-10-17-8-4-5-11-19-17)12-9-15-6-2-3-7-16(15)14-18/h2-8,11H,9-10,12-14,18H2,1H3. The van der Waals surface area contributed by atoms with Crippen molar-refractivity contribution in [2.75, 3.05) is 20.1 Å². The largest absolute Gasteiger partial charge is 0.326 e. The molecule has 2 aromatic rings. The Kier molecular flexibility index (Phi) is 5.71. The Morgan fingerprint density at radius 1 is 0.950 bits per heavy atom. The molecule has 3 heteroatoms. The minimum absolute atomic E-state index is 0.619. The van der Waals surface area contributed by atoms with E-state index in [1.165, 1.54) is 11.1 Å². The van der Waals surface area contributed by atoms with E-state index in [9.17, 15) is 0 Å². The number of likely N-dealkylation sites (N-methyl/N-ethyl adjacent to an activating group) is 1. The first-order valence-corrected chi connectivity index (χ1v) is 7.15. The van der Waals surface area contributed by atoms with Crippen molar-refractivity contribution in [3.63, 3.8) is 0 Å². The Labute approximate surface area is 121 Å². The summed E-state index contributed by atoms with van der Waals surface area (Å²) in [6, 6.07) is 14.5. The summed E-state index contributed by atoms with van der Waals surface area (Å²) in [5, 5.41) is 0. The molecule has 0 aliphatic carbocycles. The van der Waals surface area contributed by atoms with Crippen molar-refractivity contribution in [2.45, 2.75) is 19.4 Å². The van der Waals surface area contributed by atoms with Crippen LogP contribution >= 0.6 is 0 Å². The zero-order valence-electron chi connectivity index (χ0n) is 12.1. The minimum atomic E-state index is 0.619. The predicted octanol–water partition coefficient (Wildman–Crippen LogP) is 2.26. The molecule has 0 amide bonds. The van der Waals surface area contributed by atoms with Crippen molar-refractivity contribution in [1.82, 2.24) is 9.88 Å².